The van der Waals surface area contributed by atoms with Gasteiger partial charge in [-0.05, 0) is 49.3 Å². The van der Waals surface area contributed by atoms with Gasteiger partial charge in [0.15, 0.2) is 5.96 Å². The number of carbonyl (C=O) groups is 1. The number of hydrogen-bond donors (Lipinski definition) is 2. The number of halogens is 1. The van der Waals surface area contributed by atoms with Crippen molar-refractivity contribution < 1.29 is 4.79 Å². The van der Waals surface area contributed by atoms with Crippen molar-refractivity contribution >= 4 is 41.5 Å². The molecule has 0 atom stereocenters. The van der Waals surface area contributed by atoms with Crippen LogP contribution in [-0.4, -0.2) is 36.4 Å². The highest BCUT2D eigenvalue weighted by Crippen LogP contribution is 2.29. The van der Waals surface area contributed by atoms with Crippen molar-refractivity contribution in [2.45, 2.75) is 53.0 Å². The molecule has 2 aliphatic rings. The molecule has 2 fully saturated rings. The van der Waals surface area contributed by atoms with Crippen LogP contribution in [0.4, 0.5) is 5.69 Å². The van der Waals surface area contributed by atoms with Gasteiger partial charge in [0.1, 0.15) is 0 Å². The first kappa shape index (κ1) is 22.0. The Balaban J connectivity index is 0.00000261. The van der Waals surface area contributed by atoms with E-state index in [4.69, 9.17) is 4.99 Å². The molecule has 1 heterocycles. The highest BCUT2D eigenvalue weighted by molar-refractivity contribution is 14.0. The number of benzene rings is 1. The zero-order chi connectivity index (χ0) is 18.6. The Hall–Kier alpha value is -1.31. The number of anilines is 1. The molecule has 150 valence electrons. The molecule has 1 saturated carbocycles. The summed E-state index contributed by atoms with van der Waals surface area (Å²) in [6.45, 7) is 10.3. The average molecular weight is 484 g/mol. The quantitative estimate of drug-likeness (QED) is 0.374. The van der Waals surface area contributed by atoms with Gasteiger partial charge in [-0.25, -0.2) is 4.99 Å². The summed E-state index contributed by atoms with van der Waals surface area (Å²) in [5.41, 5.74) is 2.34. The summed E-state index contributed by atoms with van der Waals surface area (Å²) < 4.78 is 0. The van der Waals surface area contributed by atoms with Crippen LogP contribution in [-0.2, 0) is 11.3 Å². The normalized spacial score (nSPS) is 19.2. The monoisotopic (exact) mass is 484 g/mol. The van der Waals surface area contributed by atoms with Gasteiger partial charge >= 0.3 is 0 Å². The maximum Gasteiger partial charge on any atom is 0.227 e. The van der Waals surface area contributed by atoms with Gasteiger partial charge in [0.25, 0.3) is 0 Å². The van der Waals surface area contributed by atoms with E-state index in [-0.39, 0.29) is 35.8 Å². The Morgan fingerprint density at radius 3 is 2.70 bits per heavy atom. The lowest BCUT2D eigenvalue weighted by molar-refractivity contribution is -0.122. The van der Waals surface area contributed by atoms with Gasteiger partial charge in [0.2, 0.25) is 5.91 Å². The molecule has 0 bridgehead atoms. The molecule has 1 amide bonds. The molecule has 0 aromatic heterocycles. The molecule has 1 aromatic carbocycles. The molecule has 0 spiro atoms. The second-order valence-corrected chi connectivity index (χ2v) is 8.32. The highest BCUT2D eigenvalue weighted by Gasteiger charge is 2.30. The standard InChI is InChI=1S/C21H32N4O.HI/c1-4-22-20(25-12-11-21(2,3)15-25)23-14-16-7-5-10-18(13-16)24-19(26)17-8-6-9-17;/h5,7,10,13,17H,4,6,8-9,11-12,14-15H2,1-3H3,(H,22,23)(H,24,26);1H. The minimum atomic E-state index is 0. The first-order valence-electron chi connectivity index (χ1n) is 9.90. The van der Waals surface area contributed by atoms with Crippen molar-refractivity contribution in [3.05, 3.63) is 29.8 Å². The van der Waals surface area contributed by atoms with Crippen molar-refractivity contribution in [2.75, 3.05) is 25.0 Å². The van der Waals surface area contributed by atoms with Gasteiger partial charge in [-0.1, -0.05) is 32.4 Å². The lowest BCUT2D eigenvalue weighted by Gasteiger charge is -2.24. The minimum absolute atomic E-state index is 0. The van der Waals surface area contributed by atoms with Crippen LogP contribution in [0.2, 0.25) is 0 Å². The number of nitrogens with one attached hydrogen (secondary N) is 2. The molecule has 1 aliphatic carbocycles. The number of rotatable bonds is 5. The van der Waals surface area contributed by atoms with Gasteiger partial charge < -0.3 is 15.5 Å². The molecule has 6 heteroatoms. The average Bonchev–Trinajstić information content (AvgIpc) is 2.90. The van der Waals surface area contributed by atoms with E-state index in [1.807, 2.05) is 18.2 Å². The number of likely N-dealkylation sites (tertiary alicyclic amines) is 1. The topological polar surface area (TPSA) is 56.7 Å². The third-order valence-electron chi connectivity index (χ3n) is 5.39. The van der Waals surface area contributed by atoms with Gasteiger partial charge in [-0.15, -0.1) is 24.0 Å². The van der Waals surface area contributed by atoms with E-state index in [2.05, 4.69) is 42.4 Å². The first-order chi connectivity index (χ1) is 12.5. The van der Waals surface area contributed by atoms with E-state index < -0.39 is 0 Å². The van der Waals surface area contributed by atoms with Crippen LogP contribution in [0.3, 0.4) is 0 Å². The lowest BCUT2D eigenvalue weighted by Crippen LogP contribution is -2.40. The second-order valence-electron chi connectivity index (χ2n) is 8.32. The van der Waals surface area contributed by atoms with E-state index in [0.29, 0.717) is 12.0 Å². The number of aliphatic imine (C=N–C) groups is 1. The Morgan fingerprint density at radius 2 is 2.11 bits per heavy atom. The smallest absolute Gasteiger partial charge is 0.227 e. The number of amides is 1. The first-order valence-corrected chi connectivity index (χ1v) is 9.90. The van der Waals surface area contributed by atoms with Crippen molar-refractivity contribution in [1.82, 2.24) is 10.2 Å². The zero-order valence-electron chi connectivity index (χ0n) is 16.8. The van der Waals surface area contributed by atoms with E-state index >= 15 is 0 Å². The Kier molecular flexibility index (Phi) is 7.94. The van der Waals surface area contributed by atoms with Gasteiger partial charge in [0.05, 0.1) is 6.54 Å². The molecule has 1 saturated heterocycles. The summed E-state index contributed by atoms with van der Waals surface area (Å²) in [4.78, 5) is 19.3. The largest absolute Gasteiger partial charge is 0.357 e. The fraction of sp³-hybridized carbons (Fsp3) is 0.619. The maximum absolute atomic E-state index is 12.1. The number of hydrogen-bond acceptors (Lipinski definition) is 2. The van der Waals surface area contributed by atoms with E-state index in [1.54, 1.807) is 0 Å². The molecular formula is C21H33IN4O. The highest BCUT2D eigenvalue weighted by atomic mass is 127. The fourth-order valence-corrected chi connectivity index (χ4v) is 3.55. The van der Waals surface area contributed by atoms with Crippen LogP contribution in [0.1, 0.15) is 52.0 Å². The van der Waals surface area contributed by atoms with Crippen molar-refractivity contribution in [2.24, 2.45) is 16.3 Å². The third-order valence-corrected chi connectivity index (χ3v) is 5.39. The predicted molar refractivity (Wildman–Crippen MR) is 123 cm³/mol. The van der Waals surface area contributed by atoms with Crippen molar-refractivity contribution in [3.63, 3.8) is 0 Å². The number of guanidine groups is 1. The summed E-state index contributed by atoms with van der Waals surface area (Å²) in [5.74, 6) is 1.35. The summed E-state index contributed by atoms with van der Waals surface area (Å²) in [7, 11) is 0. The second kappa shape index (κ2) is 9.75. The molecule has 5 nitrogen and oxygen atoms in total. The molecule has 3 rings (SSSR count). The Labute approximate surface area is 180 Å². The van der Waals surface area contributed by atoms with E-state index in [9.17, 15) is 4.79 Å². The van der Waals surface area contributed by atoms with Gasteiger partial charge in [0, 0.05) is 31.2 Å². The number of nitrogens with zero attached hydrogens (tertiary/aromatic N) is 2. The van der Waals surface area contributed by atoms with Crippen LogP contribution < -0.4 is 10.6 Å². The molecule has 1 aliphatic heterocycles. The van der Waals surface area contributed by atoms with E-state index in [0.717, 1.165) is 49.7 Å². The van der Waals surface area contributed by atoms with Crippen LogP contribution in [0.25, 0.3) is 0 Å². The SMILES string of the molecule is CCNC(=NCc1cccc(NC(=O)C2CCC2)c1)N1CCC(C)(C)C1.I. The molecule has 0 unspecified atom stereocenters. The van der Waals surface area contributed by atoms with Crippen LogP contribution >= 0.6 is 24.0 Å². The Bertz CT molecular complexity index is 670. The third kappa shape index (κ3) is 6.09. The summed E-state index contributed by atoms with van der Waals surface area (Å²) in [6.07, 6.45) is 4.41. The molecule has 0 radical (unpaired) electrons. The summed E-state index contributed by atoms with van der Waals surface area (Å²) >= 11 is 0. The van der Waals surface area contributed by atoms with Gasteiger partial charge in [-0.2, -0.15) is 0 Å². The predicted octanol–water partition coefficient (Wildman–Crippen LogP) is 4.24. The minimum Gasteiger partial charge on any atom is -0.357 e. The summed E-state index contributed by atoms with van der Waals surface area (Å²) in [5, 5.41) is 6.47. The van der Waals surface area contributed by atoms with Crippen LogP contribution in [0.5, 0.6) is 0 Å². The van der Waals surface area contributed by atoms with Crippen LogP contribution in [0.15, 0.2) is 29.3 Å². The maximum atomic E-state index is 12.1. The van der Waals surface area contributed by atoms with E-state index in [1.165, 1.54) is 12.8 Å². The summed E-state index contributed by atoms with van der Waals surface area (Å²) in [6, 6.07) is 8.06. The van der Waals surface area contributed by atoms with Crippen molar-refractivity contribution in [1.29, 1.82) is 0 Å². The lowest BCUT2D eigenvalue weighted by atomic mass is 9.85. The molecule has 1 aromatic rings. The number of carbonyl (C=O) groups excluding carboxylic acids is 1. The molecule has 2 N–H and O–H groups in total. The molecular weight excluding hydrogens is 451 g/mol. The van der Waals surface area contributed by atoms with Crippen molar-refractivity contribution in [3.8, 4) is 0 Å². The van der Waals surface area contributed by atoms with Crippen LogP contribution in [0, 0.1) is 11.3 Å². The zero-order valence-corrected chi connectivity index (χ0v) is 19.1. The van der Waals surface area contributed by atoms with Gasteiger partial charge in [-0.3, -0.25) is 4.79 Å². The Morgan fingerprint density at radius 1 is 1.33 bits per heavy atom. The molecule has 27 heavy (non-hydrogen) atoms. The fourth-order valence-electron chi connectivity index (χ4n) is 3.55.